The maximum absolute atomic E-state index is 4.56. The van der Waals surface area contributed by atoms with Crippen LogP contribution in [0.1, 0.15) is 24.6 Å². The quantitative estimate of drug-likeness (QED) is 0.726. The second-order valence-electron chi connectivity index (χ2n) is 6.73. The number of aromatic amines is 1. The van der Waals surface area contributed by atoms with Crippen molar-refractivity contribution in [3.05, 3.63) is 53.8 Å². The molecule has 0 saturated carbocycles. The van der Waals surface area contributed by atoms with Crippen LogP contribution in [0.3, 0.4) is 0 Å². The third-order valence-corrected chi connectivity index (χ3v) is 6.15. The van der Waals surface area contributed by atoms with Crippen LogP contribution in [-0.2, 0) is 6.42 Å². The molecule has 21 heavy (non-hydrogen) atoms. The molecule has 106 valence electrons. The van der Waals surface area contributed by atoms with Crippen LogP contribution in [0.15, 0.2) is 42.5 Å². The number of benzene rings is 1. The van der Waals surface area contributed by atoms with Gasteiger partial charge in [0, 0.05) is 41.1 Å². The van der Waals surface area contributed by atoms with E-state index in [0.29, 0.717) is 6.04 Å². The topological polar surface area (TPSA) is 19.0 Å². The van der Waals surface area contributed by atoms with Crippen molar-refractivity contribution in [2.75, 3.05) is 13.1 Å². The molecule has 1 aromatic carbocycles. The lowest BCUT2D eigenvalue weighted by atomic mass is 9.64. The van der Waals surface area contributed by atoms with Gasteiger partial charge in [0.25, 0.3) is 0 Å². The summed E-state index contributed by atoms with van der Waals surface area (Å²) < 4.78 is 0. The van der Waals surface area contributed by atoms with E-state index in [0.717, 1.165) is 13.0 Å². The van der Waals surface area contributed by atoms with Crippen LogP contribution in [0.2, 0.25) is 0 Å². The Labute approximate surface area is 125 Å². The summed E-state index contributed by atoms with van der Waals surface area (Å²) in [6.07, 6.45) is 4.74. The lowest BCUT2D eigenvalue weighted by molar-refractivity contribution is 0.287. The molecule has 3 atom stereocenters. The molecule has 0 radical (unpaired) electrons. The molecule has 0 amide bonds. The molecule has 1 unspecified atom stereocenters. The number of hydrogen-bond acceptors (Lipinski definition) is 1. The first-order chi connectivity index (χ1) is 10.3. The molecule has 1 aromatic heterocycles. The Kier molecular flexibility index (Phi) is 2.08. The maximum atomic E-state index is 4.56. The summed E-state index contributed by atoms with van der Waals surface area (Å²) in [7, 11) is 0. The maximum Gasteiger partial charge on any atom is 0.0461 e. The second kappa shape index (κ2) is 3.69. The van der Waals surface area contributed by atoms with Crippen molar-refractivity contribution in [3.63, 3.8) is 0 Å². The van der Waals surface area contributed by atoms with Gasteiger partial charge in [-0.05, 0) is 42.5 Å². The summed E-state index contributed by atoms with van der Waals surface area (Å²) in [6.45, 7) is 9.12. The number of nitrogens with zero attached hydrogens (tertiary/aromatic N) is 1. The van der Waals surface area contributed by atoms with Crippen LogP contribution in [-0.4, -0.2) is 29.0 Å². The van der Waals surface area contributed by atoms with Crippen LogP contribution in [0.4, 0.5) is 0 Å². The number of H-pyrrole nitrogens is 1. The van der Waals surface area contributed by atoms with Gasteiger partial charge in [0.15, 0.2) is 0 Å². The molecular formula is C19H20N2. The monoisotopic (exact) mass is 276 g/mol. The minimum Gasteiger partial charge on any atom is -0.355 e. The molecule has 0 spiro atoms. The van der Waals surface area contributed by atoms with E-state index in [1.54, 1.807) is 5.57 Å². The summed E-state index contributed by atoms with van der Waals surface area (Å²) >= 11 is 0. The zero-order valence-electron chi connectivity index (χ0n) is 12.4. The number of fused-ring (bicyclic) bond motifs is 3. The fourth-order valence-electron chi connectivity index (χ4n) is 5.16. The van der Waals surface area contributed by atoms with E-state index in [4.69, 9.17) is 0 Å². The van der Waals surface area contributed by atoms with E-state index in [1.165, 1.54) is 40.7 Å². The molecule has 2 bridgehead atoms. The molecule has 1 aliphatic carbocycles. The van der Waals surface area contributed by atoms with Crippen molar-refractivity contribution in [2.45, 2.75) is 25.8 Å². The predicted octanol–water partition coefficient (Wildman–Crippen LogP) is 3.76. The van der Waals surface area contributed by atoms with E-state index < -0.39 is 0 Å². The van der Waals surface area contributed by atoms with E-state index in [9.17, 15) is 0 Å². The summed E-state index contributed by atoms with van der Waals surface area (Å²) in [5.74, 6) is 0. The van der Waals surface area contributed by atoms with E-state index >= 15 is 0 Å². The first-order valence-electron chi connectivity index (χ1n) is 7.95. The number of rotatable bonds is 0. The summed E-state index contributed by atoms with van der Waals surface area (Å²) in [6, 6.07) is 9.31. The van der Waals surface area contributed by atoms with Crippen LogP contribution in [0.25, 0.3) is 16.5 Å². The van der Waals surface area contributed by atoms with Crippen molar-refractivity contribution >= 4 is 16.5 Å². The molecule has 2 aliphatic heterocycles. The van der Waals surface area contributed by atoms with Crippen molar-refractivity contribution in [3.8, 4) is 0 Å². The molecule has 2 heteroatoms. The van der Waals surface area contributed by atoms with E-state index in [-0.39, 0.29) is 5.41 Å². The van der Waals surface area contributed by atoms with Gasteiger partial charge >= 0.3 is 0 Å². The third kappa shape index (κ3) is 1.20. The molecule has 1 N–H and O–H groups in total. The number of allylic oxidation sites excluding steroid dienone is 1. The van der Waals surface area contributed by atoms with Gasteiger partial charge in [0.2, 0.25) is 0 Å². The lowest BCUT2D eigenvalue weighted by Gasteiger charge is -2.38. The van der Waals surface area contributed by atoms with Gasteiger partial charge in [0.1, 0.15) is 0 Å². The normalized spacial score (nSPS) is 35.5. The highest BCUT2D eigenvalue weighted by atomic mass is 15.2. The predicted molar refractivity (Wildman–Crippen MR) is 87.2 cm³/mol. The zero-order chi connectivity index (χ0) is 14.2. The number of aromatic nitrogens is 1. The lowest BCUT2D eigenvalue weighted by Crippen LogP contribution is -2.37. The molecular weight excluding hydrogens is 256 g/mol. The summed E-state index contributed by atoms with van der Waals surface area (Å²) in [5.41, 5.74) is 7.19. The highest BCUT2D eigenvalue weighted by Gasteiger charge is 2.59. The van der Waals surface area contributed by atoms with Crippen LogP contribution < -0.4 is 0 Å². The minimum atomic E-state index is 0.211. The molecule has 2 nitrogen and oxygen atoms in total. The molecule has 2 fully saturated rings. The molecule has 2 aromatic rings. The van der Waals surface area contributed by atoms with E-state index in [2.05, 4.69) is 53.7 Å². The third-order valence-electron chi connectivity index (χ3n) is 6.15. The highest BCUT2D eigenvalue weighted by molar-refractivity contribution is 5.92. The fraction of sp³-hybridized carbons (Fsp3) is 0.368. The SMILES string of the molecule is C=C1c2[nH]c3ccccc3c2C[C@H]2N3CC[C@]12C(=CC)C3. The highest BCUT2D eigenvalue weighted by Crippen LogP contribution is 2.60. The Morgan fingerprint density at radius 1 is 1.38 bits per heavy atom. The van der Waals surface area contributed by atoms with Gasteiger partial charge in [-0.25, -0.2) is 0 Å². The Morgan fingerprint density at radius 3 is 3.10 bits per heavy atom. The Balaban J connectivity index is 1.79. The molecule has 3 aliphatic rings. The van der Waals surface area contributed by atoms with Gasteiger partial charge in [-0.15, -0.1) is 0 Å². The first-order valence-corrected chi connectivity index (χ1v) is 7.95. The average Bonchev–Trinajstić information content (AvgIpc) is 3.16. The van der Waals surface area contributed by atoms with Crippen LogP contribution in [0, 0.1) is 5.41 Å². The number of nitrogens with one attached hydrogen (secondary N) is 1. The standard InChI is InChI=1S/C19H20N2/c1-3-13-11-21-9-8-19(13)12(2)18-15(10-17(19)21)14-6-4-5-7-16(14)20-18/h3-7,17,20H,2,8-11H2,1H3/t17-,19-/m1/s1. The second-order valence-corrected chi connectivity index (χ2v) is 6.73. The Bertz CT molecular complexity index is 810. The van der Waals surface area contributed by atoms with E-state index in [1.807, 2.05) is 0 Å². The van der Waals surface area contributed by atoms with Gasteiger partial charge < -0.3 is 4.98 Å². The number of piperidine rings is 1. The molecule has 5 rings (SSSR count). The van der Waals surface area contributed by atoms with Crippen LogP contribution in [0.5, 0.6) is 0 Å². The summed E-state index contributed by atoms with van der Waals surface area (Å²) in [4.78, 5) is 6.33. The van der Waals surface area contributed by atoms with Crippen molar-refractivity contribution < 1.29 is 0 Å². The van der Waals surface area contributed by atoms with Gasteiger partial charge in [-0.1, -0.05) is 30.9 Å². The van der Waals surface area contributed by atoms with Crippen molar-refractivity contribution in [2.24, 2.45) is 5.41 Å². The van der Waals surface area contributed by atoms with Gasteiger partial charge in [0.05, 0.1) is 0 Å². The Morgan fingerprint density at radius 2 is 2.24 bits per heavy atom. The smallest absolute Gasteiger partial charge is 0.0461 e. The largest absolute Gasteiger partial charge is 0.355 e. The van der Waals surface area contributed by atoms with Crippen molar-refractivity contribution in [1.29, 1.82) is 0 Å². The molecule has 3 heterocycles. The number of hydrogen-bond donors (Lipinski definition) is 1. The average molecular weight is 276 g/mol. The fourth-order valence-corrected chi connectivity index (χ4v) is 5.16. The first kappa shape index (κ1) is 11.8. The zero-order valence-corrected chi connectivity index (χ0v) is 12.4. The Hall–Kier alpha value is -1.80. The van der Waals surface area contributed by atoms with Crippen LogP contribution >= 0.6 is 0 Å². The minimum absolute atomic E-state index is 0.211. The van der Waals surface area contributed by atoms with Crippen molar-refractivity contribution in [1.82, 2.24) is 9.88 Å². The molecule has 2 saturated heterocycles. The van der Waals surface area contributed by atoms with Gasteiger partial charge in [-0.3, -0.25) is 4.90 Å². The van der Waals surface area contributed by atoms with Gasteiger partial charge in [-0.2, -0.15) is 0 Å². The number of para-hydroxylation sites is 1. The summed E-state index contributed by atoms with van der Waals surface area (Å²) in [5, 5.41) is 1.39.